The van der Waals surface area contributed by atoms with Gasteiger partial charge in [0.1, 0.15) is 5.75 Å². The Morgan fingerprint density at radius 1 is 0.962 bits per heavy atom. The van der Waals surface area contributed by atoms with Crippen molar-refractivity contribution < 1.29 is 9.53 Å². The van der Waals surface area contributed by atoms with Crippen LogP contribution in [0.5, 0.6) is 5.75 Å². The minimum atomic E-state index is -0.116. The van der Waals surface area contributed by atoms with Gasteiger partial charge in [0.15, 0.2) is 0 Å². The maximum absolute atomic E-state index is 12.8. The predicted octanol–water partition coefficient (Wildman–Crippen LogP) is 5.63. The van der Waals surface area contributed by atoms with E-state index >= 15 is 0 Å². The minimum absolute atomic E-state index is 0.116. The molecule has 0 aromatic heterocycles. The molecular formula is C22H21NO2S. The van der Waals surface area contributed by atoms with Gasteiger partial charge in [0.05, 0.1) is 12.2 Å². The molecule has 0 atom stereocenters. The van der Waals surface area contributed by atoms with Gasteiger partial charge in [-0.1, -0.05) is 48.5 Å². The van der Waals surface area contributed by atoms with E-state index in [-0.39, 0.29) is 5.91 Å². The molecule has 0 saturated carbocycles. The van der Waals surface area contributed by atoms with Crippen molar-refractivity contribution in [2.24, 2.45) is 0 Å². The molecule has 0 saturated heterocycles. The van der Waals surface area contributed by atoms with Gasteiger partial charge in [-0.05, 0) is 36.8 Å². The second-order valence-electron chi connectivity index (χ2n) is 5.69. The van der Waals surface area contributed by atoms with Crippen LogP contribution in [0.3, 0.4) is 0 Å². The van der Waals surface area contributed by atoms with Crippen molar-refractivity contribution in [2.45, 2.75) is 17.6 Å². The molecule has 0 aliphatic carbocycles. The summed E-state index contributed by atoms with van der Waals surface area (Å²) in [6.07, 6.45) is 0. The van der Waals surface area contributed by atoms with Crippen LogP contribution in [-0.2, 0) is 5.75 Å². The van der Waals surface area contributed by atoms with E-state index in [1.807, 2.05) is 73.7 Å². The number of hydrogen-bond donors (Lipinski definition) is 1. The number of amides is 1. The largest absolute Gasteiger partial charge is 0.494 e. The molecule has 3 rings (SSSR count). The van der Waals surface area contributed by atoms with Crippen LogP contribution >= 0.6 is 11.8 Å². The molecule has 0 aliphatic rings. The first-order valence-electron chi connectivity index (χ1n) is 8.56. The first-order chi connectivity index (χ1) is 12.8. The van der Waals surface area contributed by atoms with Crippen molar-refractivity contribution in [1.82, 2.24) is 0 Å². The van der Waals surface area contributed by atoms with E-state index in [0.717, 1.165) is 22.1 Å². The summed E-state index contributed by atoms with van der Waals surface area (Å²) in [5, 5.41) is 2.96. The van der Waals surface area contributed by atoms with Crippen molar-refractivity contribution >= 4 is 23.4 Å². The Labute approximate surface area is 158 Å². The molecule has 0 aliphatic heterocycles. The molecular weight excluding hydrogens is 342 g/mol. The monoisotopic (exact) mass is 363 g/mol. The van der Waals surface area contributed by atoms with Crippen molar-refractivity contribution in [2.75, 3.05) is 11.9 Å². The fraction of sp³-hybridized carbons (Fsp3) is 0.136. The first kappa shape index (κ1) is 18.1. The zero-order valence-electron chi connectivity index (χ0n) is 14.6. The molecule has 0 bridgehead atoms. The van der Waals surface area contributed by atoms with Gasteiger partial charge in [-0.3, -0.25) is 4.79 Å². The zero-order chi connectivity index (χ0) is 18.2. The number of carbonyl (C=O) groups excluding carboxylic acids is 1. The van der Waals surface area contributed by atoms with E-state index < -0.39 is 0 Å². The van der Waals surface area contributed by atoms with Crippen molar-refractivity contribution in [3.8, 4) is 5.75 Å². The van der Waals surface area contributed by atoms with E-state index in [1.54, 1.807) is 11.8 Å². The third-order valence-electron chi connectivity index (χ3n) is 3.77. The van der Waals surface area contributed by atoms with E-state index in [4.69, 9.17) is 4.74 Å². The SMILES string of the molecule is CCOc1cccc(NC(=O)c2ccccc2SCc2ccccc2)c1. The Balaban J connectivity index is 1.72. The Morgan fingerprint density at radius 2 is 1.73 bits per heavy atom. The summed E-state index contributed by atoms with van der Waals surface area (Å²) in [5.41, 5.74) is 2.64. The number of nitrogens with one attached hydrogen (secondary N) is 1. The van der Waals surface area contributed by atoms with Gasteiger partial charge in [0.25, 0.3) is 5.91 Å². The summed E-state index contributed by atoms with van der Waals surface area (Å²) in [5.74, 6) is 1.46. The zero-order valence-corrected chi connectivity index (χ0v) is 15.5. The van der Waals surface area contributed by atoms with Crippen LogP contribution in [0.2, 0.25) is 0 Å². The number of carbonyl (C=O) groups is 1. The van der Waals surface area contributed by atoms with Crippen LogP contribution < -0.4 is 10.1 Å². The highest BCUT2D eigenvalue weighted by molar-refractivity contribution is 7.98. The van der Waals surface area contributed by atoms with Crippen molar-refractivity contribution in [3.05, 3.63) is 90.0 Å². The van der Waals surface area contributed by atoms with Crippen LogP contribution in [0.1, 0.15) is 22.8 Å². The second-order valence-corrected chi connectivity index (χ2v) is 6.70. The topological polar surface area (TPSA) is 38.3 Å². The Hall–Kier alpha value is -2.72. The smallest absolute Gasteiger partial charge is 0.256 e. The van der Waals surface area contributed by atoms with Crippen LogP contribution in [0.25, 0.3) is 0 Å². The molecule has 3 aromatic carbocycles. The summed E-state index contributed by atoms with van der Waals surface area (Å²) in [6.45, 7) is 2.53. The molecule has 132 valence electrons. The van der Waals surface area contributed by atoms with Gasteiger partial charge in [0, 0.05) is 22.4 Å². The second kappa shape index (κ2) is 9.11. The first-order valence-corrected chi connectivity index (χ1v) is 9.55. The number of ether oxygens (including phenoxy) is 1. The third kappa shape index (κ3) is 4.90. The van der Waals surface area contributed by atoms with E-state index in [0.29, 0.717) is 12.2 Å². The van der Waals surface area contributed by atoms with Gasteiger partial charge in [-0.15, -0.1) is 11.8 Å². The van der Waals surface area contributed by atoms with Crippen LogP contribution in [-0.4, -0.2) is 12.5 Å². The van der Waals surface area contributed by atoms with Gasteiger partial charge in [-0.2, -0.15) is 0 Å². The van der Waals surface area contributed by atoms with Crippen LogP contribution in [0.4, 0.5) is 5.69 Å². The van der Waals surface area contributed by atoms with Gasteiger partial charge in [-0.25, -0.2) is 0 Å². The van der Waals surface area contributed by atoms with Crippen LogP contribution in [0.15, 0.2) is 83.8 Å². The lowest BCUT2D eigenvalue weighted by Crippen LogP contribution is -2.13. The summed E-state index contributed by atoms with van der Waals surface area (Å²) >= 11 is 1.66. The molecule has 0 unspecified atom stereocenters. The minimum Gasteiger partial charge on any atom is -0.494 e. The summed E-state index contributed by atoms with van der Waals surface area (Å²) in [6, 6.07) is 25.4. The molecule has 0 spiro atoms. The lowest BCUT2D eigenvalue weighted by atomic mass is 10.2. The summed E-state index contributed by atoms with van der Waals surface area (Å²) in [4.78, 5) is 13.7. The Bertz CT molecular complexity index is 865. The molecule has 3 aromatic rings. The molecule has 1 N–H and O–H groups in total. The highest BCUT2D eigenvalue weighted by Crippen LogP contribution is 2.27. The Kier molecular flexibility index (Phi) is 6.34. The van der Waals surface area contributed by atoms with Gasteiger partial charge >= 0.3 is 0 Å². The lowest BCUT2D eigenvalue weighted by molar-refractivity contribution is 0.102. The predicted molar refractivity (Wildman–Crippen MR) is 108 cm³/mol. The van der Waals surface area contributed by atoms with Gasteiger partial charge in [0.2, 0.25) is 0 Å². The normalized spacial score (nSPS) is 10.3. The highest BCUT2D eigenvalue weighted by atomic mass is 32.2. The van der Waals surface area contributed by atoms with E-state index in [1.165, 1.54) is 5.56 Å². The maximum Gasteiger partial charge on any atom is 0.256 e. The molecule has 4 heteroatoms. The Morgan fingerprint density at radius 3 is 2.54 bits per heavy atom. The quantitative estimate of drug-likeness (QED) is 0.553. The fourth-order valence-corrected chi connectivity index (χ4v) is 3.55. The summed E-state index contributed by atoms with van der Waals surface area (Å²) in [7, 11) is 0. The van der Waals surface area contributed by atoms with Gasteiger partial charge < -0.3 is 10.1 Å². The standard InChI is InChI=1S/C22H21NO2S/c1-2-25-19-12-8-11-18(15-19)23-22(24)20-13-6-7-14-21(20)26-16-17-9-4-3-5-10-17/h3-15H,2,16H2,1H3,(H,23,24). The number of benzene rings is 3. The fourth-order valence-electron chi connectivity index (χ4n) is 2.54. The van der Waals surface area contributed by atoms with E-state index in [9.17, 15) is 4.79 Å². The summed E-state index contributed by atoms with van der Waals surface area (Å²) < 4.78 is 5.49. The molecule has 1 amide bonds. The highest BCUT2D eigenvalue weighted by Gasteiger charge is 2.12. The van der Waals surface area contributed by atoms with Crippen LogP contribution in [0, 0.1) is 0 Å². The molecule has 0 fully saturated rings. The third-order valence-corrected chi connectivity index (χ3v) is 4.92. The van der Waals surface area contributed by atoms with Crippen molar-refractivity contribution in [3.63, 3.8) is 0 Å². The molecule has 0 radical (unpaired) electrons. The average Bonchev–Trinajstić information content (AvgIpc) is 2.68. The maximum atomic E-state index is 12.8. The number of thioether (sulfide) groups is 1. The number of anilines is 1. The number of hydrogen-bond acceptors (Lipinski definition) is 3. The molecule has 3 nitrogen and oxygen atoms in total. The average molecular weight is 363 g/mol. The van der Waals surface area contributed by atoms with E-state index in [2.05, 4.69) is 17.4 Å². The molecule has 26 heavy (non-hydrogen) atoms. The number of rotatable bonds is 7. The lowest BCUT2D eigenvalue weighted by Gasteiger charge is -2.11. The molecule has 0 heterocycles. The van der Waals surface area contributed by atoms with Crippen molar-refractivity contribution in [1.29, 1.82) is 0 Å².